The third-order valence-electron chi connectivity index (χ3n) is 3.51. The maximum Gasteiger partial charge on any atom is 0.269 e. The van der Waals surface area contributed by atoms with Crippen LogP contribution in [0.5, 0.6) is 0 Å². The Hall–Kier alpha value is -2.04. The van der Waals surface area contributed by atoms with Crippen molar-refractivity contribution in [1.29, 1.82) is 0 Å². The summed E-state index contributed by atoms with van der Waals surface area (Å²) in [6.45, 7) is 1.68. The summed E-state index contributed by atoms with van der Waals surface area (Å²) in [6.07, 6.45) is 0.778. The number of hydrogen-bond acceptors (Lipinski definition) is 6. The summed E-state index contributed by atoms with van der Waals surface area (Å²) in [5, 5.41) is 16.3. The van der Waals surface area contributed by atoms with E-state index in [4.69, 9.17) is 0 Å². The van der Waals surface area contributed by atoms with Gasteiger partial charge in [0.1, 0.15) is 0 Å². The number of carbonyl (C=O) groups is 1. The van der Waals surface area contributed by atoms with Crippen molar-refractivity contribution in [3.63, 3.8) is 0 Å². The summed E-state index contributed by atoms with van der Waals surface area (Å²) in [4.78, 5) is 21.6. The molecule has 0 bridgehead atoms. The molecule has 1 saturated heterocycles. The molecule has 1 aromatic rings. The van der Waals surface area contributed by atoms with Crippen molar-refractivity contribution in [2.45, 2.75) is 11.3 Å². The monoisotopic (exact) mass is 342 g/mol. The lowest BCUT2D eigenvalue weighted by molar-refractivity contribution is -0.384. The van der Waals surface area contributed by atoms with Gasteiger partial charge in [-0.2, -0.15) is 0 Å². The number of hydrogen-bond donors (Lipinski definition) is 3. The molecule has 0 aromatic heterocycles. The second-order valence-electron chi connectivity index (χ2n) is 5.13. The van der Waals surface area contributed by atoms with E-state index >= 15 is 0 Å². The Bertz CT molecular complexity index is 668. The summed E-state index contributed by atoms with van der Waals surface area (Å²) in [5.74, 6) is -0.161. The molecule has 1 aromatic carbocycles. The Balaban J connectivity index is 1.81. The van der Waals surface area contributed by atoms with Crippen LogP contribution in [0.15, 0.2) is 29.2 Å². The number of benzene rings is 1. The molecule has 0 aliphatic carbocycles. The van der Waals surface area contributed by atoms with Crippen LogP contribution < -0.4 is 15.4 Å². The van der Waals surface area contributed by atoms with Gasteiger partial charge < -0.3 is 10.6 Å². The summed E-state index contributed by atoms with van der Waals surface area (Å²) in [5.41, 5.74) is -0.179. The Kier molecular flexibility index (Phi) is 5.64. The number of nitrogens with zero attached hydrogens (tertiary/aromatic N) is 1. The molecular formula is C13H18N4O5S. The molecule has 23 heavy (non-hydrogen) atoms. The minimum absolute atomic E-state index is 0.0468. The first-order chi connectivity index (χ1) is 10.9. The first-order valence-electron chi connectivity index (χ1n) is 7.13. The molecule has 0 spiro atoms. The van der Waals surface area contributed by atoms with E-state index in [1.807, 2.05) is 0 Å². The van der Waals surface area contributed by atoms with Crippen molar-refractivity contribution in [2.24, 2.45) is 5.92 Å². The van der Waals surface area contributed by atoms with E-state index in [0.29, 0.717) is 6.54 Å². The average Bonchev–Trinajstić information content (AvgIpc) is 3.06. The van der Waals surface area contributed by atoms with Gasteiger partial charge in [-0.05, 0) is 25.1 Å². The van der Waals surface area contributed by atoms with Crippen LogP contribution in [0.4, 0.5) is 5.69 Å². The van der Waals surface area contributed by atoms with Crippen LogP contribution in [0, 0.1) is 16.0 Å². The number of carbonyl (C=O) groups excluding carboxylic acids is 1. The first-order valence-corrected chi connectivity index (χ1v) is 8.61. The van der Waals surface area contributed by atoms with E-state index in [9.17, 15) is 23.3 Å². The van der Waals surface area contributed by atoms with Gasteiger partial charge in [0.2, 0.25) is 15.9 Å². The number of rotatable bonds is 7. The maximum absolute atomic E-state index is 12.0. The molecule has 1 unspecified atom stereocenters. The summed E-state index contributed by atoms with van der Waals surface area (Å²) < 4.78 is 26.4. The smallest absolute Gasteiger partial charge is 0.269 e. The molecular weight excluding hydrogens is 324 g/mol. The van der Waals surface area contributed by atoms with Crippen LogP contribution in [0.2, 0.25) is 0 Å². The van der Waals surface area contributed by atoms with E-state index in [0.717, 1.165) is 25.1 Å². The van der Waals surface area contributed by atoms with Gasteiger partial charge in [-0.15, -0.1) is 0 Å². The third kappa shape index (κ3) is 4.71. The molecule has 9 nitrogen and oxygen atoms in total. The number of amides is 1. The van der Waals surface area contributed by atoms with Gasteiger partial charge in [0.25, 0.3) is 5.69 Å². The topological polar surface area (TPSA) is 130 Å². The van der Waals surface area contributed by atoms with Gasteiger partial charge in [-0.25, -0.2) is 13.1 Å². The third-order valence-corrected chi connectivity index (χ3v) is 4.98. The molecule has 1 atom stereocenters. The zero-order valence-corrected chi connectivity index (χ0v) is 13.1. The van der Waals surface area contributed by atoms with Crippen LogP contribution >= 0.6 is 0 Å². The molecule has 0 saturated carbocycles. The minimum atomic E-state index is -3.76. The molecule has 0 radical (unpaired) electrons. The van der Waals surface area contributed by atoms with E-state index in [1.165, 1.54) is 12.1 Å². The highest BCUT2D eigenvalue weighted by Gasteiger charge is 2.22. The highest BCUT2D eigenvalue weighted by Crippen LogP contribution is 2.15. The second kappa shape index (κ2) is 7.49. The number of nitro groups is 1. The average molecular weight is 342 g/mol. The van der Waals surface area contributed by atoms with Crippen molar-refractivity contribution in [3.8, 4) is 0 Å². The highest BCUT2D eigenvalue weighted by molar-refractivity contribution is 7.89. The van der Waals surface area contributed by atoms with Gasteiger partial charge in [0.05, 0.1) is 15.7 Å². The van der Waals surface area contributed by atoms with Crippen LogP contribution in [0.3, 0.4) is 0 Å². The predicted molar refractivity (Wildman–Crippen MR) is 82.3 cm³/mol. The Labute approximate surface area is 133 Å². The van der Waals surface area contributed by atoms with Gasteiger partial charge in [-0.3, -0.25) is 14.9 Å². The minimum Gasteiger partial charge on any atom is -0.355 e. The van der Waals surface area contributed by atoms with Gasteiger partial charge in [-0.1, -0.05) is 0 Å². The van der Waals surface area contributed by atoms with Crippen LogP contribution in [-0.4, -0.2) is 45.4 Å². The molecule has 1 amide bonds. The van der Waals surface area contributed by atoms with Crippen LogP contribution in [0.25, 0.3) is 0 Å². The first kappa shape index (κ1) is 17.3. The lowest BCUT2D eigenvalue weighted by atomic mass is 10.1. The molecule has 1 heterocycles. The fourth-order valence-electron chi connectivity index (χ4n) is 2.22. The predicted octanol–water partition coefficient (Wildman–Crippen LogP) is -0.401. The van der Waals surface area contributed by atoms with Crippen LogP contribution in [-0.2, 0) is 14.8 Å². The Morgan fingerprint density at radius 3 is 2.57 bits per heavy atom. The number of non-ortho nitro benzene ring substituents is 1. The van der Waals surface area contributed by atoms with E-state index in [2.05, 4.69) is 15.4 Å². The van der Waals surface area contributed by atoms with Crippen molar-refractivity contribution in [1.82, 2.24) is 15.4 Å². The fraction of sp³-hybridized carbons (Fsp3) is 0.462. The van der Waals surface area contributed by atoms with Gasteiger partial charge >= 0.3 is 0 Å². The molecule has 10 heteroatoms. The maximum atomic E-state index is 12.0. The molecule has 126 valence electrons. The molecule has 1 fully saturated rings. The Morgan fingerprint density at radius 1 is 1.30 bits per heavy atom. The second-order valence-corrected chi connectivity index (χ2v) is 6.90. The van der Waals surface area contributed by atoms with Crippen molar-refractivity contribution >= 4 is 21.6 Å². The van der Waals surface area contributed by atoms with Crippen molar-refractivity contribution in [3.05, 3.63) is 34.4 Å². The lowest BCUT2D eigenvalue weighted by Crippen LogP contribution is -2.38. The zero-order valence-electron chi connectivity index (χ0n) is 12.3. The quantitative estimate of drug-likeness (QED) is 0.351. The highest BCUT2D eigenvalue weighted by atomic mass is 32.2. The lowest BCUT2D eigenvalue weighted by Gasteiger charge is -2.10. The largest absolute Gasteiger partial charge is 0.355 e. The van der Waals surface area contributed by atoms with E-state index < -0.39 is 14.9 Å². The Morgan fingerprint density at radius 2 is 2.00 bits per heavy atom. The SMILES string of the molecule is O=C(NCCNS(=O)(=O)c1ccc([N+](=O)[O-])cc1)C1CCNC1. The van der Waals surface area contributed by atoms with Crippen molar-refractivity contribution < 1.29 is 18.1 Å². The molecule has 1 aliphatic rings. The molecule has 2 rings (SSSR count). The normalized spacial score (nSPS) is 17.8. The zero-order chi connectivity index (χ0) is 16.9. The summed E-state index contributed by atoms with van der Waals surface area (Å²) in [6, 6.07) is 4.60. The molecule has 3 N–H and O–H groups in total. The fourth-order valence-corrected chi connectivity index (χ4v) is 3.26. The standard InChI is InChI=1S/C13H18N4O5S/c18-13(10-5-6-14-9-10)15-7-8-16-23(21,22)12-3-1-11(2-4-12)17(19)20/h1-4,10,14,16H,5-9H2,(H,15,18). The number of nitrogens with one attached hydrogen (secondary N) is 3. The van der Waals surface area contributed by atoms with E-state index in [-0.39, 0.29) is 35.5 Å². The van der Waals surface area contributed by atoms with Crippen LogP contribution in [0.1, 0.15) is 6.42 Å². The number of sulfonamides is 1. The van der Waals surface area contributed by atoms with Crippen molar-refractivity contribution in [2.75, 3.05) is 26.2 Å². The number of nitro benzene ring substituents is 1. The summed E-state index contributed by atoms with van der Waals surface area (Å²) >= 11 is 0. The van der Waals surface area contributed by atoms with Gasteiger partial charge in [0, 0.05) is 31.8 Å². The summed E-state index contributed by atoms with van der Waals surface area (Å²) in [7, 11) is -3.76. The van der Waals surface area contributed by atoms with E-state index in [1.54, 1.807) is 0 Å². The molecule has 1 aliphatic heterocycles. The van der Waals surface area contributed by atoms with Gasteiger partial charge in [0.15, 0.2) is 0 Å².